The van der Waals surface area contributed by atoms with Crippen LogP contribution < -0.4 is 0 Å². The first-order valence-electron chi connectivity index (χ1n) is 4.85. The number of allylic oxidation sites excluding steroid dienone is 1. The van der Waals surface area contributed by atoms with Gasteiger partial charge in [0.15, 0.2) is 4.67 Å². The van der Waals surface area contributed by atoms with Gasteiger partial charge in [-0.05, 0) is 54.1 Å². The minimum Gasteiger partial charge on any atom is -0.484 e. The second-order valence-corrected chi connectivity index (χ2v) is 4.08. The van der Waals surface area contributed by atoms with Crippen LogP contribution in [-0.4, -0.2) is 6.10 Å². The Hall–Kier alpha value is 0.0200. The van der Waals surface area contributed by atoms with Crippen molar-refractivity contribution in [2.75, 3.05) is 0 Å². The van der Waals surface area contributed by atoms with Gasteiger partial charge in [-0.25, -0.2) is 0 Å². The predicted molar refractivity (Wildman–Crippen MR) is 55.3 cm³/mol. The quantitative estimate of drug-likeness (QED) is 0.670. The van der Waals surface area contributed by atoms with Gasteiger partial charge in [0, 0.05) is 0 Å². The Morgan fingerprint density at radius 2 is 2.08 bits per heavy atom. The van der Waals surface area contributed by atoms with Gasteiger partial charge in [0.05, 0.1) is 6.10 Å². The van der Waals surface area contributed by atoms with Crippen molar-refractivity contribution in [3.05, 3.63) is 10.7 Å². The fraction of sp³-hybridized carbons (Fsp3) is 0.800. The van der Waals surface area contributed by atoms with Crippen molar-refractivity contribution in [2.24, 2.45) is 0 Å². The van der Waals surface area contributed by atoms with E-state index in [9.17, 15) is 0 Å². The monoisotopic (exact) mass is 232 g/mol. The largest absolute Gasteiger partial charge is 0.484 e. The highest BCUT2D eigenvalue weighted by Crippen LogP contribution is 2.24. The molecule has 1 aliphatic carbocycles. The zero-order chi connectivity index (χ0) is 8.81. The maximum absolute atomic E-state index is 5.71. The summed E-state index contributed by atoms with van der Waals surface area (Å²) in [5.41, 5.74) is 0. The molecule has 1 saturated carbocycles. The average molecular weight is 233 g/mol. The summed E-state index contributed by atoms with van der Waals surface area (Å²) in [6.07, 6.45) is 10.1. The van der Waals surface area contributed by atoms with E-state index in [4.69, 9.17) is 4.74 Å². The highest BCUT2D eigenvalue weighted by atomic mass is 79.9. The van der Waals surface area contributed by atoms with Crippen molar-refractivity contribution >= 4 is 15.9 Å². The van der Waals surface area contributed by atoms with Crippen LogP contribution in [-0.2, 0) is 4.74 Å². The Kier molecular flexibility index (Phi) is 4.74. The van der Waals surface area contributed by atoms with Crippen LogP contribution in [0.2, 0.25) is 0 Å². The molecule has 0 unspecified atom stereocenters. The highest BCUT2D eigenvalue weighted by molar-refractivity contribution is 9.11. The van der Waals surface area contributed by atoms with Crippen molar-refractivity contribution in [3.63, 3.8) is 0 Å². The normalized spacial score (nSPS) is 21.0. The van der Waals surface area contributed by atoms with Gasteiger partial charge in [-0.1, -0.05) is 13.3 Å². The maximum Gasteiger partial charge on any atom is 0.158 e. The van der Waals surface area contributed by atoms with E-state index in [-0.39, 0.29) is 0 Å². The average Bonchev–Trinajstić information content (AvgIpc) is 2.06. The number of halogens is 1. The summed E-state index contributed by atoms with van der Waals surface area (Å²) < 4.78 is 6.64. The summed E-state index contributed by atoms with van der Waals surface area (Å²) in [5, 5.41) is 0. The molecule has 0 aromatic heterocycles. The smallest absolute Gasteiger partial charge is 0.158 e. The first-order chi connectivity index (χ1) is 5.83. The van der Waals surface area contributed by atoms with Crippen LogP contribution >= 0.6 is 15.9 Å². The molecule has 0 spiro atoms. The molecule has 70 valence electrons. The minimum atomic E-state index is 0.468. The van der Waals surface area contributed by atoms with E-state index in [1.54, 1.807) is 0 Å². The SMILES string of the molecule is CC/C=C(\Br)OC1CCCCC1. The van der Waals surface area contributed by atoms with Crippen LogP contribution in [0.15, 0.2) is 10.7 Å². The molecule has 0 amide bonds. The third-order valence-corrected chi connectivity index (χ3v) is 2.71. The first-order valence-corrected chi connectivity index (χ1v) is 5.64. The lowest BCUT2D eigenvalue weighted by atomic mass is 9.98. The number of rotatable bonds is 3. The lowest BCUT2D eigenvalue weighted by Crippen LogP contribution is -2.14. The molecule has 0 aromatic carbocycles. The summed E-state index contributed by atoms with van der Waals surface area (Å²) in [6.45, 7) is 2.12. The third kappa shape index (κ3) is 3.61. The fourth-order valence-electron chi connectivity index (χ4n) is 1.55. The molecule has 0 N–H and O–H groups in total. The maximum atomic E-state index is 5.71. The molecule has 1 nitrogen and oxygen atoms in total. The van der Waals surface area contributed by atoms with Gasteiger partial charge in [0.25, 0.3) is 0 Å². The lowest BCUT2D eigenvalue weighted by molar-refractivity contribution is 0.100. The van der Waals surface area contributed by atoms with Crippen LogP contribution in [0.4, 0.5) is 0 Å². The number of hydrogen-bond acceptors (Lipinski definition) is 1. The van der Waals surface area contributed by atoms with E-state index in [1.807, 2.05) is 0 Å². The lowest BCUT2D eigenvalue weighted by Gasteiger charge is -2.22. The van der Waals surface area contributed by atoms with Gasteiger partial charge in [-0.3, -0.25) is 0 Å². The molecule has 0 heterocycles. The Morgan fingerprint density at radius 3 is 2.67 bits per heavy atom. The molecule has 0 bridgehead atoms. The number of hydrogen-bond donors (Lipinski definition) is 0. The van der Waals surface area contributed by atoms with Gasteiger partial charge in [-0.15, -0.1) is 0 Å². The van der Waals surface area contributed by atoms with Gasteiger partial charge in [0.1, 0.15) is 0 Å². The molecule has 12 heavy (non-hydrogen) atoms. The van der Waals surface area contributed by atoms with Crippen LogP contribution in [0.5, 0.6) is 0 Å². The highest BCUT2D eigenvalue weighted by Gasteiger charge is 2.14. The first kappa shape index (κ1) is 10.1. The van der Waals surface area contributed by atoms with Crippen LogP contribution in [0.1, 0.15) is 45.4 Å². The van der Waals surface area contributed by atoms with Crippen LogP contribution in [0.25, 0.3) is 0 Å². The second-order valence-electron chi connectivity index (χ2n) is 3.29. The molecule has 1 aliphatic rings. The molecule has 1 fully saturated rings. The Balaban J connectivity index is 2.24. The Morgan fingerprint density at radius 1 is 1.42 bits per heavy atom. The van der Waals surface area contributed by atoms with Crippen molar-refractivity contribution in [2.45, 2.75) is 51.6 Å². The number of ether oxygens (including phenoxy) is 1. The second kappa shape index (κ2) is 5.63. The van der Waals surface area contributed by atoms with Crippen molar-refractivity contribution < 1.29 is 4.74 Å². The van der Waals surface area contributed by atoms with E-state index in [1.165, 1.54) is 32.1 Å². The zero-order valence-electron chi connectivity index (χ0n) is 7.68. The van der Waals surface area contributed by atoms with Crippen molar-refractivity contribution in [3.8, 4) is 0 Å². The summed E-state index contributed by atoms with van der Waals surface area (Å²) in [7, 11) is 0. The van der Waals surface area contributed by atoms with Gasteiger partial charge in [0.2, 0.25) is 0 Å². The van der Waals surface area contributed by atoms with E-state index < -0.39 is 0 Å². The van der Waals surface area contributed by atoms with Gasteiger partial charge in [-0.2, -0.15) is 0 Å². The summed E-state index contributed by atoms with van der Waals surface area (Å²) in [6, 6.07) is 0. The van der Waals surface area contributed by atoms with Gasteiger partial charge < -0.3 is 4.74 Å². The topological polar surface area (TPSA) is 9.23 Å². The molecule has 0 radical (unpaired) electrons. The molecular formula is C10H17BrO. The van der Waals surface area contributed by atoms with E-state index in [0.29, 0.717) is 6.10 Å². The van der Waals surface area contributed by atoms with Crippen LogP contribution in [0, 0.1) is 0 Å². The Labute approximate surface area is 83.3 Å². The van der Waals surface area contributed by atoms with Crippen molar-refractivity contribution in [1.29, 1.82) is 0 Å². The van der Waals surface area contributed by atoms with Crippen molar-refractivity contribution in [1.82, 2.24) is 0 Å². The molecular weight excluding hydrogens is 216 g/mol. The summed E-state index contributed by atoms with van der Waals surface area (Å²) >= 11 is 3.41. The third-order valence-electron chi connectivity index (χ3n) is 2.20. The summed E-state index contributed by atoms with van der Waals surface area (Å²) in [5.74, 6) is 0. The van der Waals surface area contributed by atoms with E-state index >= 15 is 0 Å². The fourth-order valence-corrected chi connectivity index (χ4v) is 2.14. The molecule has 0 aromatic rings. The summed E-state index contributed by atoms with van der Waals surface area (Å²) in [4.78, 5) is 0. The van der Waals surface area contributed by atoms with E-state index in [2.05, 4.69) is 28.9 Å². The molecule has 2 heteroatoms. The predicted octanol–water partition coefficient (Wildman–Crippen LogP) is 3.98. The van der Waals surface area contributed by atoms with Crippen LogP contribution in [0.3, 0.4) is 0 Å². The van der Waals surface area contributed by atoms with E-state index in [0.717, 1.165) is 11.1 Å². The minimum absolute atomic E-state index is 0.468. The zero-order valence-corrected chi connectivity index (χ0v) is 9.27. The van der Waals surface area contributed by atoms with Gasteiger partial charge >= 0.3 is 0 Å². The molecule has 1 rings (SSSR count). The Bertz CT molecular complexity index is 148. The molecule has 0 atom stereocenters. The molecule has 0 saturated heterocycles. The molecule has 0 aliphatic heterocycles. The standard InChI is InChI=1S/C10H17BrO/c1-2-6-10(11)12-9-7-4-3-5-8-9/h6,9H,2-5,7-8H2,1H3/b10-6+.